The molecule has 1 heterocycles. The van der Waals surface area contributed by atoms with Crippen LogP contribution in [-0.2, 0) is 23.9 Å². The molecule has 0 aliphatic carbocycles. The Bertz CT molecular complexity index is 1490. The molecule has 4 rings (SSSR count). The highest BCUT2D eigenvalue weighted by atomic mass is 32.2. The fourth-order valence-corrected chi connectivity index (χ4v) is 4.83. The molecule has 1 N–H and O–H groups in total. The van der Waals surface area contributed by atoms with E-state index in [1.165, 1.54) is 58.6 Å². The molecule has 0 aliphatic heterocycles. The van der Waals surface area contributed by atoms with Crippen LogP contribution in [0.2, 0.25) is 0 Å². The summed E-state index contributed by atoms with van der Waals surface area (Å²) in [5.41, 5.74) is 0.517. The number of carbonyl (C=O) groups excluding carboxylic acids is 1. The number of halogens is 1. The summed E-state index contributed by atoms with van der Waals surface area (Å²) < 4.78 is 43.0. The Labute approximate surface area is 177 Å². The van der Waals surface area contributed by atoms with Crippen LogP contribution < -0.4 is 11.0 Å². The summed E-state index contributed by atoms with van der Waals surface area (Å²) in [7, 11) is -0.945. The van der Waals surface area contributed by atoms with E-state index in [-0.39, 0.29) is 26.7 Å². The molecule has 1 amide bonds. The molecule has 31 heavy (non-hydrogen) atoms. The minimum Gasteiger partial charge on any atom is -0.321 e. The molecule has 0 atom stereocenters. The highest BCUT2D eigenvalue weighted by Gasteiger charge is 2.25. The zero-order valence-corrected chi connectivity index (χ0v) is 17.5. The van der Waals surface area contributed by atoms with E-state index in [2.05, 4.69) is 5.32 Å². The molecule has 9 heteroatoms. The van der Waals surface area contributed by atoms with Crippen molar-refractivity contribution in [3.63, 3.8) is 0 Å². The number of nitrogens with zero attached hydrogens (tertiary/aromatic N) is 2. The lowest BCUT2D eigenvalue weighted by Crippen LogP contribution is -2.19. The van der Waals surface area contributed by atoms with Crippen LogP contribution in [0.3, 0.4) is 0 Å². The van der Waals surface area contributed by atoms with Gasteiger partial charge in [0.05, 0.1) is 26.5 Å². The number of carbonyl (C=O) groups is 1. The predicted molar refractivity (Wildman–Crippen MR) is 114 cm³/mol. The highest BCUT2D eigenvalue weighted by Crippen LogP contribution is 2.32. The first-order chi connectivity index (χ1) is 14.7. The van der Waals surface area contributed by atoms with Crippen LogP contribution in [0.25, 0.3) is 11.0 Å². The van der Waals surface area contributed by atoms with Crippen molar-refractivity contribution in [3.05, 3.63) is 88.6 Å². The van der Waals surface area contributed by atoms with Gasteiger partial charge < -0.3 is 5.32 Å². The van der Waals surface area contributed by atoms with Gasteiger partial charge in [-0.3, -0.25) is 13.9 Å². The molecule has 158 valence electrons. The topological polar surface area (TPSA) is 90.2 Å². The van der Waals surface area contributed by atoms with E-state index in [0.717, 1.165) is 6.07 Å². The first-order valence-corrected chi connectivity index (χ1v) is 10.7. The first kappa shape index (κ1) is 20.5. The summed E-state index contributed by atoms with van der Waals surface area (Å²) in [6.45, 7) is 0. The van der Waals surface area contributed by atoms with E-state index in [4.69, 9.17) is 0 Å². The molecule has 7 nitrogen and oxygen atoms in total. The van der Waals surface area contributed by atoms with E-state index in [0.29, 0.717) is 11.0 Å². The van der Waals surface area contributed by atoms with Crippen molar-refractivity contribution in [2.24, 2.45) is 14.1 Å². The number of fused-ring (bicyclic) bond motifs is 1. The van der Waals surface area contributed by atoms with E-state index in [9.17, 15) is 22.4 Å². The monoisotopic (exact) mass is 439 g/mol. The van der Waals surface area contributed by atoms with Gasteiger partial charge in [0.25, 0.3) is 5.91 Å². The number of aryl methyl sites for hydroxylation is 2. The minimum atomic E-state index is -4.03. The standard InChI is InChI=1S/C22H18FN3O4S/c1-25-18-12-17(24-21(27)14-7-6-8-15(23)11-14)20(13-19(18)26(2)22(25)28)31(29,30)16-9-4-3-5-10-16/h3-13H,1-2H3,(H,24,27). The predicted octanol–water partition coefficient (Wildman–Crippen LogP) is 3.10. The second kappa shape index (κ2) is 7.51. The van der Waals surface area contributed by atoms with Crippen molar-refractivity contribution in [1.82, 2.24) is 9.13 Å². The molecule has 0 radical (unpaired) electrons. The van der Waals surface area contributed by atoms with Gasteiger partial charge in [0.15, 0.2) is 0 Å². The highest BCUT2D eigenvalue weighted by molar-refractivity contribution is 7.91. The normalized spacial score (nSPS) is 11.6. The molecule has 0 unspecified atom stereocenters. The van der Waals surface area contributed by atoms with Gasteiger partial charge in [0.1, 0.15) is 5.82 Å². The third-order valence-corrected chi connectivity index (χ3v) is 6.86. The number of amides is 1. The number of sulfone groups is 1. The van der Waals surface area contributed by atoms with Gasteiger partial charge in [-0.15, -0.1) is 0 Å². The van der Waals surface area contributed by atoms with Crippen LogP contribution in [-0.4, -0.2) is 23.5 Å². The molecule has 0 saturated carbocycles. The Morgan fingerprint density at radius 3 is 2.19 bits per heavy atom. The number of benzene rings is 3. The molecular weight excluding hydrogens is 421 g/mol. The van der Waals surface area contributed by atoms with Crippen LogP contribution in [0.15, 0.2) is 81.3 Å². The summed E-state index contributed by atoms with van der Waals surface area (Å²) in [5, 5.41) is 2.57. The van der Waals surface area contributed by atoms with Gasteiger partial charge >= 0.3 is 5.69 Å². The second-order valence-corrected chi connectivity index (χ2v) is 8.94. The molecule has 3 aromatic carbocycles. The third kappa shape index (κ3) is 3.53. The molecule has 0 spiro atoms. The lowest BCUT2D eigenvalue weighted by atomic mass is 10.2. The van der Waals surface area contributed by atoms with E-state index in [1.54, 1.807) is 25.2 Å². The fourth-order valence-electron chi connectivity index (χ4n) is 3.40. The Morgan fingerprint density at radius 1 is 0.903 bits per heavy atom. The van der Waals surface area contributed by atoms with E-state index >= 15 is 0 Å². The Kier molecular flexibility index (Phi) is 4.98. The molecular formula is C22H18FN3O4S. The van der Waals surface area contributed by atoms with Gasteiger partial charge in [-0.1, -0.05) is 24.3 Å². The van der Waals surface area contributed by atoms with Crippen LogP contribution in [0.5, 0.6) is 0 Å². The fraction of sp³-hybridized carbons (Fsp3) is 0.0909. The number of anilines is 1. The molecule has 4 aromatic rings. The average Bonchev–Trinajstić information content (AvgIpc) is 2.97. The zero-order chi connectivity index (χ0) is 22.3. The smallest absolute Gasteiger partial charge is 0.321 e. The molecule has 0 bridgehead atoms. The van der Waals surface area contributed by atoms with Gasteiger partial charge in [0, 0.05) is 19.7 Å². The summed E-state index contributed by atoms with van der Waals surface area (Å²) >= 11 is 0. The number of hydrogen-bond donors (Lipinski definition) is 1. The van der Waals surface area contributed by atoms with Gasteiger partial charge in [0.2, 0.25) is 9.84 Å². The second-order valence-electron chi connectivity index (χ2n) is 7.02. The minimum absolute atomic E-state index is 0.00758. The number of hydrogen-bond acceptors (Lipinski definition) is 4. The van der Waals surface area contributed by atoms with Crippen molar-refractivity contribution < 1.29 is 17.6 Å². The van der Waals surface area contributed by atoms with Gasteiger partial charge in [-0.25, -0.2) is 17.6 Å². The number of nitrogens with one attached hydrogen (secondary N) is 1. The maximum absolute atomic E-state index is 13.5. The maximum Gasteiger partial charge on any atom is 0.328 e. The van der Waals surface area contributed by atoms with E-state index in [1.807, 2.05) is 0 Å². The molecule has 0 aliphatic rings. The summed E-state index contributed by atoms with van der Waals surface area (Å²) in [6.07, 6.45) is 0. The zero-order valence-electron chi connectivity index (χ0n) is 16.7. The quantitative estimate of drug-likeness (QED) is 0.529. The van der Waals surface area contributed by atoms with Gasteiger partial charge in [-0.2, -0.15) is 0 Å². The van der Waals surface area contributed by atoms with Gasteiger partial charge in [-0.05, 0) is 42.5 Å². The van der Waals surface area contributed by atoms with Crippen molar-refractivity contribution in [1.29, 1.82) is 0 Å². The largest absolute Gasteiger partial charge is 0.328 e. The Morgan fingerprint density at radius 2 is 1.55 bits per heavy atom. The third-order valence-electron chi connectivity index (χ3n) is 5.05. The van der Waals surface area contributed by atoms with E-state index < -0.39 is 21.6 Å². The first-order valence-electron chi connectivity index (χ1n) is 9.26. The van der Waals surface area contributed by atoms with Crippen LogP contribution in [0, 0.1) is 5.82 Å². The summed E-state index contributed by atoms with van der Waals surface area (Å²) in [5.74, 6) is -1.27. The lowest BCUT2D eigenvalue weighted by Gasteiger charge is -2.13. The number of aromatic nitrogens is 2. The Hall–Kier alpha value is -3.72. The van der Waals surface area contributed by atoms with Crippen molar-refractivity contribution in [3.8, 4) is 0 Å². The van der Waals surface area contributed by atoms with Crippen molar-refractivity contribution in [2.75, 3.05) is 5.32 Å². The lowest BCUT2D eigenvalue weighted by molar-refractivity contribution is 0.102. The van der Waals surface area contributed by atoms with Crippen molar-refractivity contribution >= 4 is 32.5 Å². The molecule has 1 aromatic heterocycles. The van der Waals surface area contributed by atoms with Crippen LogP contribution >= 0.6 is 0 Å². The van der Waals surface area contributed by atoms with Crippen LogP contribution in [0.1, 0.15) is 10.4 Å². The Balaban J connectivity index is 1.94. The molecule has 0 saturated heterocycles. The van der Waals surface area contributed by atoms with Crippen LogP contribution in [0.4, 0.5) is 10.1 Å². The SMILES string of the molecule is Cn1c(=O)n(C)c2cc(S(=O)(=O)c3ccccc3)c(NC(=O)c3cccc(F)c3)cc21. The number of rotatable bonds is 4. The maximum atomic E-state index is 13.5. The summed E-state index contributed by atoms with van der Waals surface area (Å²) in [6, 6.07) is 15.6. The molecule has 0 fully saturated rings. The van der Waals surface area contributed by atoms with Crippen molar-refractivity contribution in [2.45, 2.75) is 9.79 Å². The average molecular weight is 439 g/mol. The number of imidazole rings is 1. The summed E-state index contributed by atoms with van der Waals surface area (Å²) in [4.78, 5) is 25.0.